The van der Waals surface area contributed by atoms with Crippen molar-refractivity contribution in [3.63, 3.8) is 0 Å². The highest BCUT2D eigenvalue weighted by Crippen LogP contribution is 2.21. The highest BCUT2D eigenvalue weighted by Gasteiger charge is 2.25. The Morgan fingerprint density at radius 1 is 1.11 bits per heavy atom. The van der Waals surface area contributed by atoms with Crippen LogP contribution in [0.25, 0.3) is 0 Å². The van der Waals surface area contributed by atoms with E-state index in [2.05, 4.69) is 11.8 Å². The zero-order chi connectivity index (χ0) is 13.9. The van der Waals surface area contributed by atoms with Crippen LogP contribution in [-0.2, 0) is 4.79 Å². The normalized spacial score (nSPS) is 19.9. The monoisotopic (exact) mass is 269 g/mol. The Kier molecular flexibility index (Phi) is 8.89. The van der Waals surface area contributed by atoms with Crippen LogP contribution < -0.4 is 0 Å². The van der Waals surface area contributed by atoms with Crippen molar-refractivity contribution in [1.82, 2.24) is 4.90 Å². The number of carboxylic acid groups (broad SMARTS) is 1. The topological polar surface area (TPSA) is 40.5 Å². The third-order valence-electron chi connectivity index (χ3n) is 4.21. The fourth-order valence-corrected chi connectivity index (χ4v) is 3.07. The van der Waals surface area contributed by atoms with E-state index >= 15 is 0 Å². The molecule has 0 bridgehead atoms. The van der Waals surface area contributed by atoms with Gasteiger partial charge in [0.05, 0.1) is 6.42 Å². The second-order valence-corrected chi connectivity index (χ2v) is 5.90. The van der Waals surface area contributed by atoms with Gasteiger partial charge in [0.2, 0.25) is 0 Å². The molecule has 0 radical (unpaired) electrons. The van der Waals surface area contributed by atoms with Gasteiger partial charge in [0.25, 0.3) is 0 Å². The molecular formula is C16H31NO2. The number of nitrogens with zero attached hydrogens (tertiary/aromatic N) is 1. The Hall–Kier alpha value is -0.570. The van der Waals surface area contributed by atoms with Gasteiger partial charge in [-0.25, -0.2) is 0 Å². The Labute approximate surface area is 118 Å². The summed E-state index contributed by atoms with van der Waals surface area (Å²) in [6.07, 6.45) is 13.3. The molecule has 3 nitrogen and oxygen atoms in total. The first-order valence-electron chi connectivity index (χ1n) is 8.20. The minimum Gasteiger partial charge on any atom is -0.481 e. The van der Waals surface area contributed by atoms with Crippen LogP contribution in [0, 0.1) is 0 Å². The number of hydrogen-bond donors (Lipinski definition) is 1. The van der Waals surface area contributed by atoms with Crippen molar-refractivity contribution in [2.75, 3.05) is 13.1 Å². The van der Waals surface area contributed by atoms with E-state index in [4.69, 9.17) is 5.11 Å². The molecule has 0 amide bonds. The summed E-state index contributed by atoms with van der Waals surface area (Å²) >= 11 is 0. The van der Waals surface area contributed by atoms with E-state index in [-0.39, 0.29) is 0 Å². The lowest BCUT2D eigenvalue weighted by atomic mass is 10.1. The fourth-order valence-electron chi connectivity index (χ4n) is 3.07. The molecule has 1 saturated heterocycles. The smallest absolute Gasteiger partial charge is 0.304 e. The fraction of sp³-hybridized carbons (Fsp3) is 0.938. The van der Waals surface area contributed by atoms with E-state index < -0.39 is 5.97 Å². The molecule has 1 heterocycles. The van der Waals surface area contributed by atoms with Crippen LogP contribution >= 0.6 is 0 Å². The van der Waals surface area contributed by atoms with Gasteiger partial charge in [-0.15, -0.1) is 0 Å². The van der Waals surface area contributed by atoms with Crippen molar-refractivity contribution >= 4 is 5.97 Å². The quantitative estimate of drug-likeness (QED) is 0.575. The highest BCUT2D eigenvalue weighted by molar-refractivity contribution is 5.67. The largest absolute Gasteiger partial charge is 0.481 e. The van der Waals surface area contributed by atoms with E-state index in [9.17, 15) is 4.79 Å². The first-order chi connectivity index (χ1) is 9.24. The number of carboxylic acids is 1. The van der Waals surface area contributed by atoms with Crippen LogP contribution in [-0.4, -0.2) is 35.1 Å². The average molecular weight is 269 g/mol. The summed E-state index contributed by atoms with van der Waals surface area (Å²) in [7, 11) is 0. The Morgan fingerprint density at radius 2 is 1.74 bits per heavy atom. The third-order valence-corrected chi connectivity index (χ3v) is 4.21. The minimum atomic E-state index is -0.646. The molecule has 19 heavy (non-hydrogen) atoms. The first kappa shape index (κ1) is 16.5. The van der Waals surface area contributed by atoms with Gasteiger partial charge in [-0.1, -0.05) is 51.9 Å². The summed E-state index contributed by atoms with van der Waals surface area (Å²) in [6, 6.07) is 0.307. The summed E-state index contributed by atoms with van der Waals surface area (Å²) in [5, 5.41) is 8.88. The third kappa shape index (κ3) is 7.56. The zero-order valence-corrected chi connectivity index (χ0v) is 12.6. The Morgan fingerprint density at radius 3 is 2.37 bits per heavy atom. The molecule has 1 unspecified atom stereocenters. The van der Waals surface area contributed by atoms with Gasteiger partial charge in [-0.3, -0.25) is 9.69 Å². The molecule has 0 aromatic rings. The lowest BCUT2D eigenvalue weighted by Gasteiger charge is -2.22. The van der Waals surface area contributed by atoms with E-state index in [0.717, 1.165) is 19.5 Å². The van der Waals surface area contributed by atoms with Crippen molar-refractivity contribution < 1.29 is 9.90 Å². The number of likely N-dealkylation sites (tertiary alicyclic amines) is 1. The van der Waals surface area contributed by atoms with Gasteiger partial charge >= 0.3 is 5.97 Å². The predicted molar refractivity (Wildman–Crippen MR) is 79.5 cm³/mol. The van der Waals surface area contributed by atoms with Gasteiger partial charge < -0.3 is 5.11 Å². The molecule has 1 aliphatic heterocycles. The van der Waals surface area contributed by atoms with Crippen LogP contribution in [0.15, 0.2) is 0 Å². The maximum atomic E-state index is 10.8. The minimum absolute atomic E-state index is 0.307. The highest BCUT2D eigenvalue weighted by atomic mass is 16.4. The number of rotatable bonds is 11. The van der Waals surface area contributed by atoms with Gasteiger partial charge in [-0.2, -0.15) is 0 Å². The van der Waals surface area contributed by atoms with Crippen LogP contribution in [0.3, 0.4) is 0 Å². The second kappa shape index (κ2) is 10.2. The number of carbonyl (C=O) groups is 1. The summed E-state index contributed by atoms with van der Waals surface area (Å²) in [5.74, 6) is -0.646. The summed E-state index contributed by atoms with van der Waals surface area (Å²) < 4.78 is 0. The van der Waals surface area contributed by atoms with Crippen LogP contribution in [0.4, 0.5) is 0 Å². The molecule has 1 atom stereocenters. The lowest BCUT2D eigenvalue weighted by molar-refractivity contribution is -0.138. The Balaban J connectivity index is 1.97. The predicted octanol–water partition coefficient (Wildman–Crippen LogP) is 4.07. The SMILES string of the molecule is CCCCCCCCCCN1CCCC1CC(=O)O. The lowest BCUT2D eigenvalue weighted by Crippen LogP contribution is -2.32. The standard InChI is InChI=1S/C16H31NO2/c1-2-3-4-5-6-7-8-9-12-17-13-10-11-15(17)14-16(18)19/h15H,2-14H2,1H3,(H,18,19). The van der Waals surface area contributed by atoms with Crippen molar-refractivity contribution in [3.8, 4) is 0 Å². The summed E-state index contributed by atoms with van der Waals surface area (Å²) in [4.78, 5) is 13.2. The molecule has 3 heteroatoms. The average Bonchev–Trinajstić information content (AvgIpc) is 2.79. The van der Waals surface area contributed by atoms with Crippen molar-refractivity contribution in [1.29, 1.82) is 0 Å². The molecule has 1 rings (SSSR count). The first-order valence-corrected chi connectivity index (χ1v) is 8.20. The summed E-state index contributed by atoms with van der Waals surface area (Å²) in [6.45, 7) is 4.46. The molecule has 0 aliphatic carbocycles. The van der Waals surface area contributed by atoms with E-state index in [1.54, 1.807) is 0 Å². The van der Waals surface area contributed by atoms with Gasteiger partial charge in [0.15, 0.2) is 0 Å². The summed E-state index contributed by atoms with van der Waals surface area (Å²) in [5.41, 5.74) is 0. The second-order valence-electron chi connectivity index (χ2n) is 5.90. The molecule has 0 spiro atoms. The van der Waals surface area contributed by atoms with Crippen LogP contribution in [0.5, 0.6) is 0 Å². The van der Waals surface area contributed by atoms with E-state index in [1.165, 1.54) is 57.8 Å². The number of hydrogen-bond acceptors (Lipinski definition) is 2. The number of unbranched alkanes of at least 4 members (excludes halogenated alkanes) is 7. The molecule has 1 aliphatic rings. The molecule has 0 aromatic carbocycles. The van der Waals surface area contributed by atoms with Crippen molar-refractivity contribution in [3.05, 3.63) is 0 Å². The molecule has 112 valence electrons. The van der Waals surface area contributed by atoms with E-state index in [1.807, 2.05) is 0 Å². The van der Waals surface area contributed by atoms with E-state index in [0.29, 0.717) is 12.5 Å². The van der Waals surface area contributed by atoms with Gasteiger partial charge in [0, 0.05) is 6.04 Å². The van der Waals surface area contributed by atoms with Crippen molar-refractivity contribution in [2.45, 2.75) is 83.6 Å². The van der Waals surface area contributed by atoms with Gasteiger partial charge in [-0.05, 0) is 32.4 Å². The number of aliphatic carboxylic acids is 1. The van der Waals surface area contributed by atoms with Crippen LogP contribution in [0.1, 0.15) is 77.6 Å². The maximum Gasteiger partial charge on any atom is 0.304 e. The maximum absolute atomic E-state index is 10.8. The van der Waals surface area contributed by atoms with Crippen molar-refractivity contribution in [2.24, 2.45) is 0 Å². The molecular weight excluding hydrogens is 238 g/mol. The molecule has 1 N–H and O–H groups in total. The molecule has 0 aromatic heterocycles. The molecule has 0 saturated carbocycles. The zero-order valence-electron chi connectivity index (χ0n) is 12.6. The Bertz CT molecular complexity index is 243. The molecule has 1 fully saturated rings. The van der Waals surface area contributed by atoms with Crippen LogP contribution in [0.2, 0.25) is 0 Å². The van der Waals surface area contributed by atoms with Gasteiger partial charge in [0.1, 0.15) is 0 Å².